The summed E-state index contributed by atoms with van der Waals surface area (Å²) >= 11 is 0. The molecule has 1 saturated heterocycles. The number of carbonyl (C=O) groups excluding carboxylic acids is 3. The highest BCUT2D eigenvalue weighted by Gasteiger charge is 2.49. The molecule has 1 saturated carbocycles. The van der Waals surface area contributed by atoms with Crippen molar-refractivity contribution in [2.24, 2.45) is 11.8 Å². The van der Waals surface area contributed by atoms with E-state index in [0.29, 0.717) is 5.75 Å². The van der Waals surface area contributed by atoms with Gasteiger partial charge in [-0.25, -0.2) is 0 Å². The van der Waals surface area contributed by atoms with Crippen molar-refractivity contribution in [2.75, 3.05) is 0 Å². The van der Waals surface area contributed by atoms with Crippen LogP contribution >= 0.6 is 0 Å². The van der Waals surface area contributed by atoms with Crippen LogP contribution in [0.25, 0.3) is 0 Å². The molecule has 0 spiro atoms. The van der Waals surface area contributed by atoms with E-state index in [4.69, 9.17) is 4.74 Å². The third-order valence-electron chi connectivity index (χ3n) is 4.77. The molecule has 0 aromatic heterocycles. The molecule has 6 heteroatoms. The van der Waals surface area contributed by atoms with E-state index in [9.17, 15) is 14.4 Å². The zero-order chi connectivity index (χ0) is 17.3. The number of aryl methyl sites for hydroxylation is 1. The van der Waals surface area contributed by atoms with Gasteiger partial charge in [-0.3, -0.25) is 19.8 Å². The number of benzene rings is 1. The zero-order valence-electron chi connectivity index (χ0n) is 14.0. The molecule has 3 rings (SSSR count). The third-order valence-corrected chi connectivity index (χ3v) is 4.77. The quantitative estimate of drug-likeness (QED) is 0.857. The minimum atomic E-state index is -0.809. The Hall–Kier alpha value is -2.37. The number of fused-ring (bicyclic) bond motifs is 1. The largest absolute Gasteiger partial charge is 0.481 e. The van der Waals surface area contributed by atoms with Crippen molar-refractivity contribution in [1.29, 1.82) is 0 Å². The Kier molecular flexibility index (Phi) is 4.55. The minimum Gasteiger partial charge on any atom is -0.481 e. The predicted octanol–water partition coefficient (Wildman–Crippen LogP) is 1.97. The standard InChI is InChI=1S/C18H22N2O4/c1-11-7-9-13(10-8-11)24-12(2)16(21)19-20-17(22)14-5-3-4-6-15(14)18(20)23/h7-10,12,14-15H,3-6H2,1-2H3,(H,19,21)/t12-,14-,15+/m0/s1. The second-order valence-electron chi connectivity index (χ2n) is 6.56. The van der Waals surface area contributed by atoms with E-state index in [1.165, 1.54) is 0 Å². The molecule has 1 aromatic carbocycles. The predicted molar refractivity (Wildman–Crippen MR) is 86.7 cm³/mol. The number of hydrogen-bond acceptors (Lipinski definition) is 4. The van der Waals surface area contributed by atoms with Gasteiger partial charge in [0.1, 0.15) is 5.75 Å². The van der Waals surface area contributed by atoms with Crippen LogP contribution in [0.15, 0.2) is 24.3 Å². The van der Waals surface area contributed by atoms with Crippen LogP contribution in [0.1, 0.15) is 38.2 Å². The van der Waals surface area contributed by atoms with Crippen LogP contribution in [0.5, 0.6) is 5.75 Å². The highest BCUT2D eigenvalue weighted by Crippen LogP contribution is 2.37. The zero-order valence-corrected chi connectivity index (χ0v) is 14.0. The molecular formula is C18H22N2O4. The van der Waals surface area contributed by atoms with Gasteiger partial charge in [0.05, 0.1) is 11.8 Å². The Morgan fingerprint density at radius 2 is 1.67 bits per heavy atom. The second kappa shape index (κ2) is 6.63. The first-order valence-electron chi connectivity index (χ1n) is 8.39. The first kappa shape index (κ1) is 16.5. The molecule has 2 fully saturated rings. The fraction of sp³-hybridized carbons (Fsp3) is 0.500. The molecule has 0 bridgehead atoms. The third kappa shape index (κ3) is 3.13. The molecule has 2 aliphatic rings. The number of hydrazine groups is 1. The summed E-state index contributed by atoms with van der Waals surface area (Å²) in [5, 5.41) is 0.901. The van der Waals surface area contributed by atoms with Gasteiger partial charge in [0.2, 0.25) is 0 Å². The summed E-state index contributed by atoms with van der Waals surface area (Å²) in [7, 11) is 0. The fourth-order valence-corrected chi connectivity index (χ4v) is 3.35. The maximum Gasteiger partial charge on any atom is 0.279 e. The van der Waals surface area contributed by atoms with Gasteiger partial charge in [0.25, 0.3) is 17.7 Å². The molecule has 0 radical (unpaired) electrons. The first-order chi connectivity index (χ1) is 11.5. The van der Waals surface area contributed by atoms with E-state index < -0.39 is 12.0 Å². The molecular weight excluding hydrogens is 308 g/mol. The lowest BCUT2D eigenvalue weighted by Gasteiger charge is -2.20. The lowest BCUT2D eigenvalue weighted by Crippen LogP contribution is -2.50. The van der Waals surface area contributed by atoms with Crippen molar-refractivity contribution in [1.82, 2.24) is 10.4 Å². The van der Waals surface area contributed by atoms with Crippen molar-refractivity contribution in [3.63, 3.8) is 0 Å². The smallest absolute Gasteiger partial charge is 0.279 e. The van der Waals surface area contributed by atoms with Gasteiger partial charge in [-0.1, -0.05) is 30.5 Å². The molecule has 128 valence electrons. The topological polar surface area (TPSA) is 75.7 Å². The molecule has 24 heavy (non-hydrogen) atoms. The summed E-state index contributed by atoms with van der Waals surface area (Å²) in [4.78, 5) is 37.0. The summed E-state index contributed by atoms with van der Waals surface area (Å²) in [6.45, 7) is 3.55. The van der Waals surface area contributed by atoms with Crippen molar-refractivity contribution < 1.29 is 19.1 Å². The van der Waals surface area contributed by atoms with Crippen LogP contribution in [-0.4, -0.2) is 28.8 Å². The second-order valence-corrected chi connectivity index (χ2v) is 6.56. The number of nitrogens with zero attached hydrogens (tertiary/aromatic N) is 1. The maximum atomic E-state index is 12.4. The van der Waals surface area contributed by atoms with Crippen molar-refractivity contribution in [3.8, 4) is 5.75 Å². The molecule has 3 amide bonds. The molecule has 0 unspecified atom stereocenters. The Bertz CT molecular complexity index is 631. The number of ether oxygens (including phenoxy) is 1. The normalized spacial score (nSPS) is 24.5. The number of hydrogen-bond donors (Lipinski definition) is 1. The van der Waals surface area contributed by atoms with Crippen LogP contribution in [0, 0.1) is 18.8 Å². The summed E-state index contributed by atoms with van der Waals surface area (Å²) in [6.07, 6.45) is 2.54. The van der Waals surface area contributed by atoms with Crippen LogP contribution in [0.4, 0.5) is 0 Å². The van der Waals surface area contributed by atoms with Gasteiger partial charge in [-0.05, 0) is 38.8 Å². The fourth-order valence-electron chi connectivity index (χ4n) is 3.35. The Balaban J connectivity index is 1.62. The SMILES string of the molecule is Cc1ccc(O[C@@H](C)C(=O)NN2C(=O)[C@H]3CCCC[C@H]3C2=O)cc1. The first-order valence-corrected chi connectivity index (χ1v) is 8.39. The molecule has 1 aliphatic carbocycles. The van der Waals surface area contributed by atoms with Gasteiger partial charge in [-0.15, -0.1) is 0 Å². The van der Waals surface area contributed by atoms with Crippen molar-refractivity contribution >= 4 is 17.7 Å². The highest BCUT2D eigenvalue weighted by molar-refractivity contribution is 6.06. The molecule has 1 aromatic rings. The van der Waals surface area contributed by atoms with E-state index in [1.807, 2.05) is 19.1 Å². The van der Waals surface area contributed by atoms with Crippen LogP contribution in [0.2, 0.25) is 0 Å². The van der Waals surface area contributed by atoms with Crippen LogP contribution < -0.4 is 10.2 Å². The average Bonchev–Trinajstić information content (AvgIpc) is 2.82. The maximum absolute atomic E-state index is 12.4. The summed E-state index contributed by atoms with van der Waals surface area (Å²) in [6, 6.07) is 7.33. The number of carbonyl (C=O) groups is 3. The highest BCUT2D eigenvalue weighted by atomic mass is 16.5. The van der Waals surface area contributed by atoms with E-state index >= 15 is 0 Å². The number of rotatable bonds is 4. The molecule has 3 atom stereocenters. The van der Waals surface area contributed by atoms with Crippen molar-refractivity contribution in [2.45, 2.75) is 45.6 Å². The summed E-state index contributed by atoms with van der Waals surface area (Å²) in [5.74, 6) is -1.08. The van der Waals surface area contributed by atoms with Gasteiger partial charge < -0.3 is 4.74 Å². The molecule has 6 nitrogen and oxygen atoms in total. The number of imide groups is 1. The molecule has 1 heterocycles. The van der Waals surface area contributed by atoms with Gasteiger partial charge in [0.15, 0.2) is 6.10 Å². The van der Waals surface area contributed by atoms with Crippen LogP contribution in [-0.2, 0) is 14.4 Å². The number of nitrogens with one attached hydrogen (secondary N) is 1. The molecule has 1 N–H and O–H groups in total. The van der Waals surface area contributed by atoms with Crippen molar-refractivity contribution in [3.05, 3.63) is 29.8 Å². The van der Waals surface area contributed by atoms with E-state index in [2.05, 4.69) is 5.43 Å². The lowest BCUT2D eigenvalue weighted by molar-refractivity contribution is -0.151. The minimum absolute atomic E-state index is 0.278. The monoisotopic (exact) mass is 330 g/mol. The number of amides is 3. The molecule has 1 aliphatic heterocycles. The summed E-state index contributed by atoms with van der Waals surface area (Å²) < 4.78 is 5.57. The van der Waals surface area contributed by atoms with Gasteiger partial charge in [-0.2, -0.15) is 5.01 Å². The van der Waals surface area contributed by atoms with E-state index in [1.54, 1.807) is 19.1 Å². The Labute approximate surface area is 141 Å². The van der Waals surface area contributed by atoms with Gasteiger partial charge >= 0.3 is 0 Å². The lowest BCUT2D eigenvalue weighted by atomic mass is 9.81. The van der Waals surface area contributed by atoms with E-state index in [0.717, 1.165) is 36.3 Å². The summed E-state index contributed by atoms with van der Waals surface area (Å²) in [5.41, 5.74) is 3.53. The average molecular weight is 330 g/mol. The van der Waals surface area contributed by atoms with E-state index in [-0.39, 0.29) is 23.7 Å². The Morgan fingerprint density at radius 1 is 1.12 bits per heavy atom. The van der Waals surface area contributed by atoms with Crippen LogP contribution in [0.3, 0.4) is 0 Å². The Morgan fingerprint density at radius 3 is 2.21 bits per heavy atom. The van der Waals surface area contributed by atoms with Gasteiger partial charge in [0, 0.05) is 0 Å².